The van der Waals surface area contributed by atoms with Crippen LogP contribution in [0.1, 0.15) is 32.6 Å². The summed E-state index contributed by atoms with van der Waals surface area (Å²) in [5, 5.41) is 5.95. The molecule has 1 amide bonds. The van der Waals surface area contributed by atoms with Crippen LogP contribution in [0.15, 0.2) is 22.8 Å². The molecule has 1 rings (SSSR count). The summed E-state index contributed by atoms with van der Waals surface area (Å²) in [6, 6.07) is 3.79. The topological polar surface area (TPSA) is 54.3 Å². The predicted molar refractivity (Wildman–Crippen MR) is 63.0 cm³/mol. The molecule has 4 heteroatoms. The maximum atomic E-state index is 11.4. The van der Waals surface area contributed by atoms with Gasteiger partial charge in [-0.3, -0.25) is 10.1 Å². The second-order valence-electron chi connectivity index (χ2n) is 4.32. The summed E-state index contributed by atoms with van der Waals surface area (Å²) in [6.07, 6.45) is 1.63. The van der Waals surface area contributed by atoms with E-state index in [2.05, 4.69) is 24.5 Å². The molecule has 0 radical (unpaired) electrons. The standard InChI is InChI=1S/C12H20N2O2/c1-9(2)7-14-12(15)8-13-10(3)11-5-4-6-16-11/h4-6,9-10,13H,7-8H2,1-3H3,(H,14,15). The van der Waals surface area contributed by atoms with Crippen LogP contribution >= 0.6 is 0 Å². The smallest absolute Gasteiger partial charge is 0.233 e. The minimum Gasteiger partial charge on any atom is -0.468 e. The van der Waals surface area contributed by atoms with E-state index in [1.165, 1.54) is 0 Å². The summed E-state index contributed by atoms with van der Waals surface area (Å²) in [4.78, 5) is 11.4. The average Bonchev–Trinajstić information content (AvgIpc) is 2.76. The van der Waals surface area contributed by atoms with Crippen LogP contribution < -0.4 is 10.6 Å². The van der Waals surface area contributed by atoms with Crippen LogP contribution in [0.5, 0.6) is 0 Å². The van der Waals surface area contributed by atoms with Gasteiger partial charge in [-0.1, -0.05) is 13.8 Å². The van der Waals surface area contributed by atoms with Crippen molar-refractivity contribution in [1.29, 1.82) is 0 Å². The summed E-state index contributed by atoms with van der Waals surface area (Å²) in [5.74, 6) is 1.34. The van der Waals surface area contributed by atoms with E-state index in [0.717, 1.165) is 12.3 Å². The number of nitrogens with one attached hydrogen (secondary N) is 2. The first-order valence-corrected chi connectivity index (χ1v) is 5.63. The Balaban J connectivity index is 2.21. The van der Waals surface area contributed by atoms with Crippen molar-refractivity contribution >= 4 is 5.91 Å². The molecule has 90 valence electrons. The van der Waals surface area contributed by atoms with Gasteiger partial charge in [0.2, 0.25) is 5.91 Å². The maximum absolute atomic E-state index is 11.4. The highest BCUT2D eigenvalue weighted by molar-refractivity contribution is 5.77. The van der Waals surface area contributed by atoms with Crippen molar-refractivity contribution < 1.29 is 9.21 Å². The van der Waals surface area contributed by atoms with Crippen molar-refractivity contribution in [3.8, 4) is 0 Å². The van der Waals surface area contributed by atoms with E-state index >= 15 is 0 Å². The van der Waals surface area contributed by atoms with Gasteiger partial charge in [0, 0.05) is 6.54 Å². The molecule has 0 aliphatic carbocycles. The van der Waals surface area contributed by atoms with Gasteiger partial charge in [0.1, 0.15) is 5.76 Å². The number of amides is 1. The summed E-state index contributed by atoms with van der Waals surface area (Å²) in [7, 11) is 0. The van der Waals surface area contributed by atoms with Crippen LogP contribution in [0.3, 0.4) is 0 Å². The number of carbonyl (C=O) groups is 1. The molecule has 0 bridgehead atoms. The lowest BCUT2D eigenvalue weighted by Crippen LogP contribution is -2.36. The molecular weight excluding hydrogens is 204 g/mol. The van der Waals surface area contributed by atoms with Gasteiger partial charge in [-0.15, -0.1) is 0 Å². The van der Waals surface area contributed by atoms with Gasteiger partial charge in [-0.25, -0.2) is 0 Å². The zero-order chi connectivity index (χ0) is 12.0. The van der Waals surface area contributed by atoms with Crippen molar-refractivity contribution in [1.82, 2.24) is 10.6 Å². The van der Waals surface area contributed by atoms with Crippen LogP contribution in [-0.4, -0.2) is 19.0 Å². The summed E-state index contributed by atoms with van der Waals surface area (Å²) < 4.78 is 5.23. The largest absolute Gasteiger partial charge is 0.468 e. The first kappa shape index (κ1) is 12.8. The molecule has 16 heavy (non-hydrogen) atoms. The second-order valence-corrected chi connectivity index (χ2v) is 4.32. The third-order valence-electron chi connectivity index (χ3n) is 2.25. The lowest BCUT2D eigenvalue weighted by molar-refractivity contribution is -0.120. The predicted octanol–water partition coefficient (Wildman–Crippen LogP) is 1.70. The zero-order valence-electron chi connectivity index (χ0n) is 10.1. The number of hydrogen-bond acceptors (Lipinski definition) is 3. The van der Waals surface area contributed by atoms with Crippen molar-refractivity contribution in [3.63, 3.8) is 0 Å². The Labute approximate surface area is 96.4 Å². The fourth-order valence-electron chi connectivity index (χ4n) is 1.26. The van der Waals surface area contributed by atoms with Crippen molar-refractivity contribution in [3.05, 3.63) is 24.2 Å². The van der Waals surface area contributed by atoms with Gasteiger partial charge in [-0.2, -0.15) is 0 Å². The SMILES string of the molecule is CC(C)CNC(=O)CNC(C)c1ccco1. The minimum atomic E-state index is 0.0205. The van der Waals surface area contributed by atoms with Crippen molar-refractivity contribution in [2.45, 2.75) is 26.8 Å². The number of rotatable bonds is 6. The molecular formula is C12H20N2O2. The van der Waals surface area contributed by atoms with E-state index in [1.807, 2.05) is 19.1 Å². The summed E-state index contributed by atoms with van der Waals surface area (Å²) in [6.45, 7) is 7.14. The molecule has 0 saturated carbocycles. The molecule has 0 aromatic carbocycles. The number of carbonyl (C=O) groups excluding carboxylic acids is 1. The number of furan rings is 1. The fraction of sp³-hybridized carbons (Fsp3) is 0.583. The van der Waals surface area contributed by atoms with Gasteiger partial charge in [0.25, 0.3) is 0 Å². The Hall–Kier alpha value is -1.29. The third-order valence-corrected chi connectivity index (χ3v) is 2.25. The molecule has 0 fully saturated rings. The van der Waals surface area contributed by atoms with Gasteiger partial charge < -0.3 is 9.73 Å². The van der Waals surface area contributed by atoms with Crippen molar-refractivity contribution in [2.75, 3.05) is 13.1 Å². The lowest BCUT2D eigenvalue weighted by atomic mass is 10.2. The number of hydrogen-bond donors (Lipinski definition) is 2. The van der Waals surface area contributed by atoms with E-state index in [0.29, 0.717) is 12.5 Å². The van der Waals surface area contributed by atoms with Gasteiger partial charge in [0.15, 0.2) is 0 Å². The highest BCUT2D eigenvalue weighted by atomic mass is 16.3. The van der Waals surface area contributed by atoms with Crippen LogP contribution in [-0.2, 0) is 4.79 Å². The molecule has 1 unspecified atom stereocenters. The molecule has 2 N–H and O–H groups in total. The summed E-state index contributed by atoms with van der Waals surface area (Å²) >= 11 is 0. The first-order valence-electron chi connectivity index (χ1n) is 5.63. The molecule has 1 heterocycles. The maximum Gasteiger partial charge on any atom is 0.233 e. The van der Waals surface area contributed by atoms with E-state index < -0.39 is 0 Å². The Morgan fingerprint density at radius 1 is 1.44 bits per heavy atom. The molecule has 1 atom stereocenters. The van der Waals surface area contributed by atoms with Gasteiger partial charge >= 0.3 is 0 Å². The molecule has 0 aliphatic heterocycles. The first-order chi connectivity index (χ1) is 7.59. The third kappa shape index (κ3) is 4.49. The molecule has 0 aliphatic rings. The van der Waals surface area contributed by atoms with Crippen LogP contribution in [0.25, 0.3) is 0 Å². The van der Waals surface area contributed by atoms with Gasteiger partial charge in [-0.05, 0) is 25.0 Å². The monoisotopic (exact) mass is 224 g/mol. The summed E-state index contributed by atoms with van der Waals surface area (Å²) in [5.41, 5.74) is 0. The van der Waals surface area contributed by atoms with E-state index in [4.69, 9.17) is 4.42 Å². The molecule has 1 aromatic rings. The Morgan fingerprint density at radius 3 is 2.75 bits per heavy atom. The highest BCUT2D eigenvalue weighted by Gasteiger charge is 2.09. The zero-order valence-corrected chi connectivity index (χ0v) is 10.1. The Morgan fingerprint density at radius 2 is 2.19 bits per heavy atom. The minimum absolute atomic E-state index is 0.0205. The average molecular weight is 224 g/mol. The Bertz CT molecular complexity index is 307. The Kier molecular flexibility index (Phi) is 5.05. The van der Waals surface area contributed by atoms with Crippen LogP contribution in [0, 0.1) is 5.92 Å². The van der Waals surface area contributed by atoms with E-state index in [9.17, 15) is 4.79 Å². The molecule has 0 spiro atoms. The molecule has 1 aromatic heterocycles. The lowest BCUT2D eigenvalue weighted by Gasteiger charge is -2.12. The van der Waals surface area contributed by atoms with E-state index in [1.54, 1.807) is 6.26 Å². The fourth-order valence-corrected chi connectivity index (χ4v) is 1.26. The van der Waals surface area contributed by atoms with Crippen LogP contribution in [0.2, 0.25) is 0 Å². The van der Waals surface area contributed by atoms with E-state index in [-0.39, 0.29) is 11.9 Å². The highest BCUT2D eigenvalue weighted by Crippen LogP contribution is 2.11. The normalized spacial score (nSPS) is 12.8. The van der Waals surface area contributed by atoms with Gasteiger partial charge in [0.05, 0.1) is 18.8 Å². The van der Waals surface area contributed by atoms with Crippen LogP contribution in [0.4, 0.5) is 0 Å². The quantitative estimate of drug-likeness (QED) is 0.773. The molecule has 4 nitrogen and oxygen atoms in total. The molecule has 0 saturated heterocycles. The van der Waals surface area contributed by atoms with Crippen molar-refractivity contribution in [2.24, 2.45) is 5.92 Å². The second kappa shape index (κ2) is 6.33.